The average Bonchev–Trinajstić information content (AvgIpc) is 2.67. The molecule has 2 rings (SSSR count). The number of rotatable bonds is 7. The molecule has 0 amide bonds. The van der Waals surface area contributed by atoms with Gasteiger partial charge < -0.3 is 10.6 Å². The van der Waals surface area contributed by atoms with Crippen molar-refractivity contribution in [2.45, 2.75) is 69.3 Å². The van der Waals surface area contributed by atoms with E-state index in [1.54, 1.807) is 7.05 Å². The van der Waals surface area contributed by atoms with E-state index in [2.05, 4.69) is 15.6 Å². The van der Waals surface area contributed by atoms with Crippen LogP contribution in [0.1, 0.15) is 51.9 Å². The van der Waals surface area contributed by atoms with Crippen molar-refractivity contribution >= 4 is 40.7 Å². The maximum atomic E-state index is 12.5. The summed E-state index contributed by atoms with van der Waals surface area (Å²) in [5, 5.41) is 7.07. The molecule has 1 heterocycles. The van der Waals surface area contributed by atoms with Gasteiger partial charge in [-0.15, -0.1) is 24.0 Å². The maximum Gasteiger partial charge on any atom is 0.401 e. The molecule has 1 aliphatic carbocycles. The molecule has 2 fully saturated rings. The zero-order chi connectivity index (χ0) is 20.6. The molecule has 1 saturated heterocycles. The third-order valence-electron chi connectivity index (χ3n) is 5.80. The molecule has 2 N–H and O–H groups in total. The molecule has 5 nitrogen and oxygen atoms in total. The second kappa shape index (κ2) is 13.3. The largest absolute Gasteiger partial charge is 0.401 e. The van der Waals surface area contributed by atoms with Crippen LogP contribution in [0.3, 0.4) is 0 Å². The Morgan fingerprint density at radius 3 is 2.48 bits per heavy atom. The fourth-order valence-corrected chi connectivity index (χ4v) is 5.57. The highest BCUT2D eigenvalue weighted by molar-refractivity contribution is 14.0. The first-order valence-corrected chi connectivity index (χ1v) is 11.8. The first-order valence-electron chi connectivity index (χ1n) is 10.4. The normalized spacial score (nSPS) is 25.9. The van der Waals surface area contributed by atoms with Gasteiger partial charge in [0.2, 0.25) is 0 Å². The zero-order valence-corrected chi connectivity index (χ0v) is 20.6. The van der Waals surface area contributed by atoms with E-state index in [0.29, 0.717) is 30.8 Å². The van der Waals surface area contributed by atoms with E-state index in [1.165, 1.54) is 4.90 Å². The number of piperidine rings is 1. The predicted molar refractivity (Wildman–Crippen MR) is 124 cm³/mol. The second-order valence-electron chi connectivity index (χ2n) is 7.92. The molecule has 3 unspecified atom stereocenters. The monoisotopic (exact) mass is 552 g/mol. The maximum absolute atomic E-state index is 12.5. The summed E-state index contributed by atoms with van der Waals surface area (Å²) in [5.74, 6) is 1.94. The Morgan fingerprint density at radius 1 is 1.21 bits per heavy atom. The van der Waals surface area contributed by atoms with Crippen LogP contribution in [0, 0.1) is 5.92 Å². The number of hydrogen-bond acceptors (Lipinski definition) is 3. The van der Waals surface area contributed by atoms with Crippen molar-refractivity contribution < 1.29 is 17.4 Å². The van der Waals surface area contributed by atoms with Gasteiger partial charge in [-0.25, -0.2) is 0 Å². The summed E-state index contributed by atoms with van der Waals surface area (Å²) in [4.78, 5) is 5.80. The van der Waals surface area contributed by atoms with Gasteiger partial charge >= 0.3 is 6.18 Å². The fourth-order valence-electron chi connectivity index (χ4n) is 4.22. The second-order valence-corrected chi connectivity index (χ2v) is 9.93. The third kappa shape index (κ3) is 10.2. The summed E-state index contributed by atoms with van der Waals surface area (Å²) in [5.41, 5.74) is 0. The van der Waals surface area contributed by atoms with Crippen molar-refractivity contribution in [1.29, 1.82) is 0 Å². The van der Waals surface area contributed by atoms with Crippen LogP contribution in [0.15, 0.2) is 4.99 Å². The van der Waals surface area contributed by atoms with Crippen LogP contribution in [0.25, 0.3) is 0 Å². The molecule has 1 saturated carbocycles. The molecule has 0 bridgehead atoms. The lowest BCUT2D eigenvalue weighted by molar-refractivity contribution is -0.148. The highest BCUT2D eigenvalue weighted by Crippen LogP contribution is 2.24. The van der Waals surface area contributed by atoms with Crippen LogP contribution in [0.5, 0.6) is 0 Å². The first-order chi connectivity index (χ1) is 13.3. The number of alkyl halides is 3. The Hall–Kier alpha value is -0.100. The standard InChI is InChI=1S/C19H35F3N4OS.HI/c1-3-28(27)17-6-4-5-16(13-17)25-18(23-2)24-10-7-15-8-11-26(12-9-15)14-19(20,21)22;/h15-17H,3-14H2,1-2H3,(H2,23,24,25);1H. The van der Waals surface area contributed by atoms with Gasteiger partial charge in [-0.1, -0.05) is 13.3 Å². The van der Waals surface area contributed by atoms with Crippen molar-refractivity contribution in [2.75, 3.05) is 39.0 Å². The van der Waals surface area contributed by atoms with Gasteiger partial charge in [-0.3, -0.25) is 14.1 Å². The predicted octanol–water partition coefficient (Wildman–Crippen LogP) is 3.51. The molecule has 172 valence electrons. The van der Waals surface area contributed by atoms with Crippen LogP contribution in [0.4, 0.5) is 13.2 Å². The van der Waals surface area contributed by atoms with Gasteiger partial charge in [0.05, 0.1) is 6.54 Å². The van der Waals surface area contributed by atoms with E-state index in [0.717, 1.165) is 57.5 Å². The Labute approximate surface area is 192 Å². The minimum Gasteiger partial charge on any atom is -0.356 e. The van der Waals surface area contributed by atoms with E-state index < -0.39 is 23.5 Å². The number of likely N-dealkylation sites (tertiary alicyclic amines) is 1. The summed E-state index contributed by atoms with van der Waals surface area (Å²) < 4.78 is 49.5. The zero-order valence-electron chi connectivity index (χ0n) is 17.5. The van der Waals surface area contributed by atoms with Gasteiger partial charge in [-0.05, 0) is 57.5 Å². The number of halogens is 4. The van der Waals surface area contributed by atoms with E-state index in [4.69, 9.17) is 0 Å². The summed E-state index contributed by atoms with van der Waals surface area (Å²) in [6, 6.07) is 0.297. The van der Waals surface area contributed by atoms with Gasteiger partial charge in [0.25, 0.3) is 0 Å². The highest BCUT2D eigenvalue weighted by Gasteiger charge is 2.32. The molecule has 0 aromatic carbocycles. The summed E-state index contributed by atoms with van der Waals surface area (Å²) in [7, 11) is 1.00. The molecular weight excluding hydrogens is 516 g/mol. The first kappa shape index (κ1) is 26.9. The lowest BCUT2D eigenvalue weighted by atomic mass is 9.93. The van der Waals surface area contributed by atoms with Crippen molar-refractivity contribution in [3.63, 3.8) is 0 Å². The lowest BCUT2D eigenvalue weighted by Crippen LogP contribution is -2.47. The average molecular weight is 552 g/mol. The van der Waals surface area contributed by atoms with E-state index in [9.17, 15) is 17.4 Å². The van der Waals surface area contributed by atoms with E-state index in [-0.39, 0.29) is 29.2 Å². The quantitative estimate of drug-likeness (QED) is 0.289. The molecule has 0 aromatic rings. The third-order valence-corrected chi connectivity index (χ3v) is 7.54. The van der Waals surface area contributed by atoms with E-state index in [1.807, 2.05) is 6.92 Å². The molecule has 29 heavy (non-hydrogen) atoms. The number of hydrogen-bond donors (Lipinski definition) is 2. The number of aliphatic imine (C=N–C) groups is 1. The van der Waals surface area contributed by atoms with Crippen LogP contribution in [-0.2, 0) is 10.8 Å². The smallest absolute Gasteiger partial charge is 0.356 e. The van der Waals surface area contributed by atoms with Gasteiger partial charge in [0, 0.05) is 41.4 Å². The molecule has 3 atom stereocenters. The molecule has 1 aliphatic heterocycles. The Morgan fingerprint density at radius 2 is 1.90 bits per heavy atom. The fraction of sp³-hybridized carbons (Fsp3) is 0.947. The van der Waals surface area contributed by atoms with Gasteiger partial charge in [-0.2, -0.15) is 13.2 Å². The van der Waals surface area contributed by atoms with Crippen molar-refractivity contribution in [3.05, 3.63) is 0 Å². The van der Waals surface area contributed by atoms with Crippen LogP contribution in [-0.4, -0.2) is 71.5 Å². The van der Waals surface area contributed by atoms with Gasteiger partial charge in [0.15, 0.2) is 5.96 Å². The molecule has 0 radical (unpaired) electrons. The molecule has 2 aliphatic rings. The SMILES string of the molecule is CCS(=O)C1CCCC(NC(=NC)NCCC2CCN(CC(F)(F)F)CC2)C1.I. The Bertz CT molecular complexity index is 528. The lowest BCUT2D eigenvalue weighted by Gasteiger charge is -2.32. The summed E-state index contributed by atoms with van der Waals surface area (Å²) >= 11 is 0. The molecule has 10 heteroatoms. The number of nitrogens with one attached hydrogen (secondary N) is 2. The Balaban J connectivity index is 0.00000420. The van der Waals surface area contributed by atoms with Gasteiger partial charge in [0.1, 0.15) is 0 Å². The van der Waals surface area contributed by atoms with Crippen LogP contribution < -0.4 is 10.6 Å². The van der Waals surface area contributed by atoms with Crippen molar-refractivity contribution in [3.8, 4) is 0 Å². The minimum atomic E-state index is -4.10. The molecule has 0 aromatic heterocycles. The van der Waals surface area contributed by atoms with Crippen molar-refractivity contribution in [2.24, 2.45) is 10.9 Å². The molecular formula is C19H36F3IN4OS. The van der Waals surface area contributed by atoms with Crippen LogP contribution in [0.2, 0.25) is 0 Å². The number of nitrogens with zero attached hydrogens (tertiary/aromatic N) is 2. The van der Waals surface area contributed by atoms with Crippen LogP contribution >= 0.6 is 24.0 Å². The Kier molecular flexibility index (Phi) is 12.4. The van der Waals surface area contributed by atoms with E-state index >= 15 is 0 Å². The minimum absolute atomic E-state index is 0. The summed E-state index contributed by atoms with van der Waals surface area (Å²) in [6.07, 6.45) is 2.57. The topological polar surface area (TPSA) is 56.7 Å². The highest BCUT2D eigenvalue weighted by atomic mass is 127. The summed E-state index contributed by atoms with van der Waals surface area (Å²) in [6.45, 7) is 2.99. The van der Waals surface area contributed by atoms with Crippen molar-refractivity contribution in [1.82, 2.24) is 15.5 Å². The number of guanidine groups is 1. The molecule has 0 spiro atoms.